The zero-order valence-electron chi connectivity index (χ0n) is 44.3. The first-order valence-electron chi connectivity index (χ1n) is 28.1. The Morgan fingerprint density at radius 1 is 0.571 bits per heavy atom. The number of ether oxygens (including phenoxy) is 6. The Hall–Kier alpha value is -2.60. The van der Waals surface area contributed by atoms with Crippen molar-refractivity contribution < 1.29 is 38.6 Å². The smallest absolute Gasteiger partial charge is 0.165 e. The Kier molecular flexibility index (Phi) is 9.33. The lowest BCUT2D eigenvalue weighted by atomic mass is 9.33. The highest BCUT2D eigenvalue weighted by Crippen LogP contribution is 2.80. The fourth-order valence-corrected chi connectivity index (χ4v) is 19.7. The number of rotatable bonds is 13. The van der Waals surface area contributed by atoms with Gasteiger partial charge in [0.15, 0.2) is 23.0 Å². The summed E-state index contributed by atoms with van der Waals surface area (Å²) in [5.74, 6) is 4.90. The van der Waals surface area contributed by atoms with Gasteiger partial charge < -0.3 is 38.6 Å². The van der Waals surface area contributed by atoms with E-state index in [1.54, 1.807) is 0 Å². The number of fused-ring (bicyclic) bond motifs is 4. The van der Waals surface area contributed by atoms with E-state index in [-0.39, 0.29) is 56.5 Å². The highest BCUT2D eigenvalue weighted by atomic mass is 16.6. The number of likely N-dealkylation sites (tertiary alicyclic amines) is 2. The minimum atomic E-state index is -0.964. The molecule has 2 unspecified atom stereocenters. The van der Waals surface area contributed by atoms with Crippen LogP contribution >= 0.6 is 0 Å². The van der Waals surface area contributed by atoms with Gasteiger partial charge >= 0.3 is 0 Å². The second-order valence-electron chi connectivity index (χ2n) is 28.2. The topological polar surface area (TPSA) is 102 Å². The predicted octanol–water partition coefficient (Wildman–Crippen LogP) is 9.19. The summed E-state index contributed by atoms with van der Waals surface area (Å²) in [7, 11) is 3.78. The van der Waals surface area contributed by atoms with E-state index in [9.17, 15) is 10.2 Å². The van der Waals surface area contributed by atoms with Crippen molar-refractivity contribution in [3.63, 3.8) is 0 Å². The van der Waals surface area contributed by atoms with Gasteiger partial charge in [-0.25, -0.2) is 0 Å². The molecule has 2 aromatic rings. The molecule has 10 aliphatic carbocycles. The van der Waals surface area contributed by atoms with Crippen molar-refractivity contribution in [3.8, 4) is 23.0 Å². The fraction of sp³-hybridized carbons (Fsp3) is 0.800. The first-order valence-corrected chi connectivity index (χ1v) is 28.1. The molecule has 70 heavy (non-hydrogen) atoms. The van der Waals surface area contributed by atoms with Crippen LogP contribution in [0.1, 0.15) is 155 Å². The maximum absolute atomic E-state index is 12.8. The van der Waals surface area contributed by atoms with E-state index in [1.807, 2.05) is 14.2 Å². The van der Waals surface area contributed by atoms with Crippen LogP contribution in [0.2, 0.25) is 0 Å². The molecule has 10 nitrogen and oxygen atoms in total. The zero-order chi connectivity index (χ0) is 48.6. The minimum absolute atomic E-state index is 0.0212. The molecule has 0 amide bonds. The van der Waals surface area contributed by atoms with E-state index in [4.69, 9.17) is 28.4 Å². The minimum Gasteiger partial charge on any atom is -0.486 e. The van der Waals surface area contributed by atoms with E-state index in [1.165, 1.54) is 61.0 Å². The number of hydrogen-bond donors (Lipinski definition) is 2. The Balaban J connectivity index is 0.789. The summed E-state index contributed by atoms with van der Waals surface area (Å²) in [4.78, 5) is 5.76. The van der Waals surface area contributed by atoms with Gasteiger partial charge in [0, 0.05) is 84.0 Å². The molecule has 10 fully saturated rings. The highest BCUT2D eigenvalue weighted by Gasteiger charge is 2.84. The summed E-state index contributed by atoms with van der Waals surface area (Å²) < 4.78 is 42.7. The molecule has 14 atom stereocenters. The van der Waals surface area contributed by atoms with Crippen LogP contribution in [-0.4, -0.2) is 120 Å². The van der Waals surface area contributed by atoms with Gasteiger partial charge in [-0.05, 0) is 163 Å². The van der Waals surface area contributed by atoms with Crippen LogP contribution in [-0.2, 0) is 33.1 Å². The quantitative estimate of drug-likeness (QED) is 0.189. The van der Waals surface area contributed by atoms with Crippen molar-refractivity contribution in [2.24, 2.45) is 45.3 Å². The standard InChI is InChI=1S/C60H84N2O8/c1-51(2,3)53(7,63)41-31-55-19-21-59(41,65-9)49-57(55)23-25-61(33-35-11-12-35)43(55)29-37-15-17-39(47(69-49)45(37)57)67-27-28-68-40-18-16-38-30-44-56-20-22-60(66-10,42(32-56)54(8,64)52(4,5)6)50-58(56,46(38)48(40)70-50)24-26-62(44)34-36-13-14-36/h15-18,35-36,41-44,49-50,63-64H,11-14,19-34H2,1-10H3/t41-,42-,43-,44-,49-,50-,53+,54+,55-,56?,57+,58+,59-,60?/m1/s1. The van der Waals surface area contributed by atoms with Gasteiger partial charge in [0.1, 0.15) is 36.6 Å². The number of piperidine rings is 2. The largest absolute Gasteiger partial charge is 0.486 e. The SMILES string of the molecule is COC12CCC3(C[C@@H]1[C@](C)(O)C(C)(C)C)[C@H]1Cc4ccc(OCCOc5ccc6c7c5O[C@H]5[C@@]8(OC)CC[C@@]9(C[C@@H]8[C@](C)(O)C(C)(C)C)[C@@H](C6)N(CC6CC6)CC[C@]759)c5c4[C@@]3(CCN1CC1CC1)[C@H]2O5. The molecule has 2 aromatic carbocycles. The number of aliphatic hydroxyl groups is 2. The molecular formula is C60H84N2O8. The average Bonchev–Trinajstić information content (AvgIpc) is 4.26. The molecule has 8 bridgehead atoms. The van der Waals surface area contributed by atoms with E-state index in [2.05, 4.69) is 89.5 Å². The van der Waals surface area contributed by atoms with Crippen molar-refractivity contribution in [2.45, 2.75) is 203 Å². The molecule has 4 aliphatic heterocycles. The summed E-state index contributed by atoms with van der Waals surface area (Å²) in [6, 6.07) is 9.89. The molecule has 16 rings (SSSR count). The van der Waals surface area contributed by atoms with E-state index in [0.717, 1.165) is 112 Å². The Bertz CT molecular complexity index is 2350. The molecule has 10 heteroatoms. The summed E-state index contributed by atoms with van der Waals surface area (Å²) >= 11 is 0. The summed E-state index contributed by atoms with van der Waals surface area (Å²) in [6.45, 7) is 22.6. The van der Waals surface area contributed by atoms with Gasteiger partial charge in [-0.3, -0.25) is 9.80 Å². The van der Waals surface area contributed by atoms with Crippen LogP contribution in [0, 0.1) is 45.3 Å². The van der Waals surface area contributed by atoms with Gasteiger partial charge in [0.25, 0.3) is 0 Å². The monoisotopic (exact) mass is 961 g/mol. The van der Waals surface area contributed by atoms with Gasteiger partial charge in [-0.2, -0.15) is 0 Å². The van der Waals surface area contributed by atoms with Crippen LogP contribution in [0.4, 0.5) is 0 Å². The number of benzene rings is 2. The van der Waals surface area contributed by atoms with Crippen LogP contribution < -0.4 is 18.9 Å². The second-order valence-corrected chi connectivity index (χ2v) is 28.2. The van der Waals surface area contributed by atoms with Gasteiger partial charge in [0.05, 0.1) is 11.2 Å². The molecule has 0 aromatic heterocycles. The van der Waals surface area contributed by atoms with Gasteiger partial charge in [0.2, 0.25) is 0 Å². The summed E-state index contributed by atoms with van der Waals surface area (Å²) in [5.41, 5.74) is 1.29. The first kappa shape index (κ1) is 46.0. The van der Waals surface area contributed by atoms with Crippen LogP contribution in [0.5, 0.6) is 23.0 Å². The fourth-order valence-electron chi connectivity index (χ4n) is 19.7. The third-order valence-electron chi connectivity index (χ3n) is 24.3. The first-order chi connectivity index (χ1) is 33.2. The lowest BCUT2D eigenvalue weighted by Gasteiger charge is -2.75. The van der Waals surface area contributed by atoms with Crippen molar-refractivity contribution in [1.82, 2.24) is 9.80 Å². The molecule has 2 N–H and O–H groups in total. The number of hydrogen-bond acceptors (Lipinski definition) is 10. The van der Waals surface area contributed by atoms with Crippen LogP contribution in [0.3, 0.4) is 0 Å². The molecule has 0 radical (unpaired) electrons. The maximum atomic E-state index is 12.8. The number of methoxy groups -OCH3 is 2. The lowest BCUT2D eigenvalue weighted by molar-refractivity contribution is -0.312. The van der Waals surface area contributed by atoms with Crippen molar-refractivity contribution in [1.29, 1.82) is 0 Å². The Morgan fingerprint density at radius 2 is 0.971 bits per heavy atom. The summed E-state index contributed by atoms with van der Waals surface area (Å²) in [6.07, 6.45) is 15.0. The van der Waals surface area contributed by atoms with Crippen molar-refractivity contribution >= 4 is 0 Å². The molecule has 4 spiro atoms. The molecule has 382 valence electrons. The molecule has 8 saturated carbocycles. The van der Waals surface area contributed by atoms with Crippen molar-refractivity contribution in [2.75, 3.05) is 53.6 Å². The van der Waals surface area contributed by atoms with E-state index >= 15 is 0 Å². The van der Waals surface area contributed by atoms with E-state index < -0.39 is 22.4 Å². The molecular weight excluding hydrogens is 877 g/mol. The molecule has 4 heterocycles. The van der Waals surface area contributed by atoms with Crippen molar-refractivity contribution in [3.05, 3.63) is 46.5 Å². The highest BCUT2D eigenvalue weighted by molar-refractivity contribution is 5.65. The lowest BCUT2D eigenvalue weighted by Crippen LogP contribution is -2.83. The van der Waals surface area contributed by atoms with E-state index in [0.29, 0.717) is 25.3 Å². The molecule has 14 aliphatic rings. The predicted molar refractivity (Wildman–Crippen MR) is 268 cm³/mol. The number of nitrogens with zero attached hydrogens (tertiary/aromatic N) is 2. The van der Waals surface area contributed by atoms with Crippen LogP contribution in [0.25, 0.3) is 0 Å². The van der Waals surface area contributed by atoms with Gasteiger partial charge in [-0.15, -0.1) is 0 Å². The Labute approximate surface area is 418 Å². The maximum Gasteiger partial charge on any atom is 0.165 e. The third kappa shape index (κ3) is 5.29. The second kappa shape index (κ2) is 14.2. The summed E-state index contributed by atoms with van der Waals surface area (Å²) in [5, 5.41) is 25.6. The van der Waals surface area contributed by atoms with Crippen LogP contribution in [0.15, 0.2) is 24.3 Å². The average molecular weight is 961 g/mol. The zero-order valence-corrected chi connectivity index (χ0v) is 44.3. The Morgan fingerprint density at radius 3 is 1.33 bits per heavy atom. The normalized spacial score (nSPS) is 43.1. The third-order valence-corrected chi connectivity index (χ3v) is 24.3. The van der Waals surface area contributed by atoms with Gasteiger partial charge in [-0.1, -0.05) is 53.7 Å². The molecule has 2 saturated heterocycles.